The number of carboxylic acids is 1. The van der Waals surface area contributed by atoms with Gasteiger partial charge in [0.1, 0.15) is 0 Å². The predicted molar refractivity (Wildman–Crippen MR) is 140 cm³/mol. The van der Waals surface area contributed by atoms with Crippen molar-refractivity contribution in [1.82, 2.24) is 0 Å². The normalized spacial score (nSPS) is 14.3. The van der Waals surface area contributed by atoms with E-state index in [1.165, 1.54) is 6.07 Å². The molecule has 184 valence electrons. The summed E-state index contributed by atoms with van der Waals surface area (Å²) in [5.74, 6) is -0.616. The lowest BCUT2D eigenvalue weighted by atomic mass is 10.0. The summed E-state index contributed by atoms with van der Waals surface area (Å²) in [7, 11) is -3.84. The van der Waals surface area contributed by atoms with Crippen LogP contribution in [0.2, 0.25) is 0 Å². The molecule has 0 amide bonds. The second kappa shape index (κ2) is 10.4. The maximum atomic E-state index is 12.9. The SMILES string of the molecule is CC(C)Cc1ccc(S(=O)(=O)Nc2ccc(N3CCN(c4ccccc4)CC3)c(C(=O)O)c2)cc1. The Labute approximate surface area is 207 Å². The Morgan fingerprint density at radius 2 is 1.54 bits per heavy atom. The molecule has 4 rings (SSSR count). The van der Waals surface area contributed by atoms with Crippen molar-refractivity contribution < 1.29 is 18.3 Å². The molecule has 0 atom stereocenters. The fraction of sp³-hybridized carbons (Fsp3) is 0.296. The summed E-state index contributed by atoms with van der Waals surface area (Å²) in [5.41, 5.74) is 3.11. The Morgan fingerprint density at radius 1 is 0.914 bits per heavy atom. The monoisotopic (exact) mass is 493 g/mol. The number of nitrogens with zero attached hydrogens (tertiary/aromatic N) is 2. The molecule has 35 heavy (non-hydrogen) atoms. The van der Waals surface area contributed by atoms with E-state index < -0.39 is 16.0 Å². The van der Waals surface area contributed by atoms with Crippen molar-refractivity contribution in [2.75, 3.05) is 40.7 Å². The van der Waals surface area contributed by atoms with E-state index in [1.807, 2.05) is 35.2 Å². The van der Waals surface area contributed by atoms with E-state index in [9.17, 15) is 18.3 Å². The van der Waals surface area contributed by atoms with Crippen molar-refractivity contribution in [2.24, 2.45) is 5.92 Å². The molecule has 1 fully saturated rings. The van der Waals surface area contributed by atoms with E-state index in [2.05, 4.69) is 35.6 Å². The van der Waals surface area contributed by atoms with E-state index in [4.69, 9.17) is 0 Å². The highest BCUT2D eigenvalue weighted by Crippen LogP contribution is 2.28. The molecule has 1 aliphatic rings. The Bertz CT molecular complexity index is 1270. The second-order valence-electron chi connectivity index (χ2n) is 9.19. The van der Waals surface area contributed by atoms with Gasteiger partial charge in [0, 0.05) is 37.6 Å². The van der Waals surface area contributed by atoms with Crippen LogP contribution in [0.5, 0.6) is 0 Å². The molecule has 1 saturated heterocycles. The summed E-state index contributed by atoms with van der Waals surface area (Å²) in [4.78, 5) is 16.5. The number of carbonyl (C=O) groups is 1. The molecule has 8 heteroatoms. The molecule has 0 aliphatic carbocycles. The maximum absolute atomic E-state index is 12.9. The van der Waals surface area contributed by atoms with Gasteiger partial charge in [-0.2, -0.15) is 0 Å². The molecule has 0 spiro atoms. The average Bonchev–Trinajstić information content (AvgIpc) is 2.84. The number of hydrogen-bond donors (Lipinski definition) is 2. The van der Waals surface area contributed by atoms with Gasteiger partial charge in [-0.05, 0) is 60.4 Å². The fourth-order valence-electron chi connectivity index (χ4n) is 4.38. The maximum Gasteiger partial charge on any atom is 0.337 e. The van der Waals surface area contributed by atoms with E-state index in [-0.39, 0.29) is 16.1 Å². The zero-order chi connectivity index (χ0) is 25.0. The zero-order valence-corrected chi connectivity index (χ0v) is 20.8. The standard InChI is InChI=1S/C27H31N3O4S/c1-20(2)18-21-8-11-24(12-9-21)35(33,34)28-22-10-13-26(25(19-22)27(31)32)30-16-14-29(15-17-30)23-6-4-3-5-7-23/h3-13,19-20,28H,14-18H2,1-2H3,(H,31,32). The van der Waals surface area contributed by atoms with Crippen LogP contribution in [0.3, 0.4) is 0 Å². The summed E-state index contributed by atoms with van der Waals surface area (Å²) in [5, 5.41) is 9.85. The molecule has 1 heterocycles. The molecule has 0 bridgehead atoms. The van der Waals surface area contributed by atoms with Crippen molar-refractivity contribution in [2.45, 2.75) is 25.2 Å². The van der Waals surface area contributed by atoms with Crippen LogP contribution < -0.4 is 14.5 Å². The molecule has 0 unspecified atom stereocenters. The van der Waals surface area contributed by atoms with Crippen LogP contribution in [0, 0.1) is 5.92 Å². The smallest absolute Gasteiger partial charge is 0.337 e. The number of sulfonamides is 1. The number of hydrogen-bond acceptors (Lipinski definition) is 5. The van der Waals surface area contributed by atoms with Crippen LogP contribution in [0.15, 0.2) is 77.7 Å². The third-order valence-electron chi connectivity index (χ3n) is 6.10. The van der Waals surface area contributed by atoms with Gasteiger partial charge in [-0.15, -0.1) is 0 Å². The lowest BCUT2D eigenvalue weighted by Crippen LogP contribution is -2.47. The number of para-hydroxylation sites is 1. The second-order valence-corrected chi connectivity index (χ2v) is 10.9. The van der Waals surface area contributed by atoms with Gasteiger partial charge in [-0.1, -0.05) is 44.2 Å². The number of benzene rings is 3. The average molecular weight is 494 g/mol. The minimum absolute atomic E-state index is 0.0747. The number of piperazine rings is 1. The molecular formula is C27H31N3O4S. The first-order chi connectivity index (χ1) is 16.7. The highest BCUT2D eigenvalue weighted by Gasteiger charge is 2.23. The van der Waals surface area contributed by atoms with E-state index in [0.29, 0.717) is 24.7 Å². The molecule has 0 saturated carbocycles. The van der Waals surface area contributed by atoms with Gasteiger partial charge < -0.3 is 14.9 Å². The van der Waals surface area contributed by atoms with Crippen molar-refractivity contribution in [3.8, 4) is 0 Å². The van der Waals surface area contributed by atoms with Gasteiger partial charge in [0.05, 0.1) is 16.1 Å². The topological polar surface area (TPSA) is 90.0 Å². The van der Waals surface area contributed by atoms with Crippen molar-refractivity contribution in [1.29, 1.82) is 0 Å². The van der Waals surface area contributed by atoms with Crippen molar-refractivity contribution >= 4 is 33.1 Å². The number of anilines is 3. The third kappa shape index (κ3) is 5.95. The first kappa shape index (κ1) is 24.6. The number of aromatic carboxylic acids is 1. The first-order valence-corrected chi connectivity index (χ1v) is 13.3. The van der Waals surface area contributed by atoms with Crippen molar-refractivity contribution in [3.05, 3.63) is 83.9 Å². The lowest BCUT2D eigenvalue weighted by Gasteiger charge is -2.38. The molecule has 0 radical (unpaired) electrons. The Kier molecular flexibility index (Phi) is 7.31. The van der Waals surface area contributed by atoms with Gasteiger partial charge in [0.15, 0.2) is 0 Å². The minimum atomic E-state index is -3.84. The van der Waals surface area contributed by atoms with E-state index in [0.717, 1.165) is 30.8 Å². The third-order valence-corrected chi connectivity index (χ3v) is 7.50. The summed E-state index contributed by atoms with van der Waals surface area (Å²) in [6.07, 6.45) is 0.872. The van der Waals surface area contributed by atoms with Gasteiger partial charge in [-0.25, -0.2) is 13.2 Å². The van der Waals surface area contributed by atoms with Gasteiger partial charge in [0.2, 0.25) is 0 Å². The quantitative estimate of drug-likeness (QED) is 0.472. The van der Waals surface area contributed by atoms with E-state index in [1.54, 1.807) is 24.3 Å². The molecular weight excluding hydrogens is 462 g/mol. The van der Waals surface area contributed by atoms with Crippen LogP contribution in [0.4, 0.5) is 17.1 Å². The van der Waals surface area contributed by atoms with Gasteiger partial charge >= 0.3 is 5.97 Å². The summed E-state index contributed by atoms with van der Waals surface area (Å²) < 4.78 is 28.3. The number of nitrogens with one attached hydrogen (secondary N) is 1. The first-order valence-electron chi connectivity index (χ1n) is 11.8. The van der Waals surface area contributed by atoms with Crippen LogP contribution >= 0.6 is 0 Å². The van der Waals surface area contributed by atoms with Gasteiger partial charge in [-0.3, -0.25) is 4.72 Å². The largest absolute Gasteiger partial charge is 0.478 e. The number of carboxylic acid groups (broad SMARTS) is 1. The van der Waals surface area contributed by atoms with Crippen LogP contribution in [0.1, 0.15) is 29.8 Å². The predicted octanol–water partition coefficient (Wildman–Crippen LogP) is 4.71. The van der Waals surface area contributed by atoms with E-state index >= 15 is 0 Å². The summed E-state index contributed by atoms with van der Waals surface area (Å²) >= 11 is 0. The Hall–Kier alpha value is -3.52. The molecule has 3 aromatic carbocycles. The molecule has 7 nitrogen and oxygen atoms in total. The molecule has 1 aliphatic heterocycles. The number of rotatable bonds is 8. The van der Waals surface area contributed by atoms with Crippen LogP contribution in [0.25, 0.3) is 0 Å². The lowest BCUT2D eigenvalue weighted by molar-refractivity contribution is 0.0697. The summed E-state index contributed by atoms with van der Waals surface area (Å²) in [6.45, 7) is 7.10. The molecule has 2 N–H and O–H groups in total. The highest BCUT2D eigenvalue weighted by molar-refractivity contribution is 7.92. The minimum Gasteiger partial charge on any atom is -0.478 e. The Morgan fingerprint density at radius 3 is 2.14 bits per heavy atom. The van der Waals surface area contributed by atoms with Crippen LogP contribution in [-0.4, -0.2) is 45.7 Å². The Balaban J connectivity index is 1.49. The van der Waals surface area contributed by atoms with Crippen LogP contribution in [-0.2, 0) is 16.4 Å². The highest BCUT2D eigenvalue weighted by atomic mass is 32.2. The summed E-state index contributed by atoms with van der Waals surface area (Å²) in [6, 6.07) is 21.6. The molecule has 0 aromatic heterocycles. The van der Waals surface area contributed by atoms with Crippen molar-refractivity contribution in [3.63, 3.8) is 0 Å². The van der Waals surface area contributed by atoms with Gasteiger partial charge in [0.25, 0.3) is 10.0 Å². The fourth-order valence-corrected chi connectivity index (χ4v) is 5.43. The zero-order valence-electron chi connectivity index (χ0n) is 20.0. The molecule has 3 aromatic rings.